The second-order valence-electron chi connectivity index (χ2n) is 3.56. The van der Waals surface area contributed by atoms with Crippen LogP contribution in [0.5, 0.6) is 0 Å². The number of likely N-dealkylation sites (N-methyl/N-ethyl adjacent to an activating group) is 1. The van der Waals surface area contributed by atoms with Crippen LogP contribution in [0, 0.1) is 0 Å². The first-order valence-electron chi connectivity index (χ1n) is 4.45. The summed E-state index contributed by atoms with van der Waals surface area (Å²) in [5.41, 5.74) is 6.61. The molecule has 0 aromatic carbocycles. The Balaban J connectivity index is 2.49. The lowest BCUT2D eigenvalue weighted by atomic mass is 10.2. The zero-order valence-corrected chi connectivity index (χ0v) is 8.45. The minimum absolute atomic E-state index is 0.0689. The van der Waals surface area contributed by atoms with E-state index in [0.29, 0.717) is 0 Å². The summed E-state index contributed by atoms with van der Waals surface area (Å²) in [6, 6.07) is 1.86. The molecule has 4 nitrogen and oxygen atoms in total. The van der Waals surface area contributed by atoms with Crippen LogP contribution < -0.4 is 5.73 Å². The van der Waals surface area contributed by atoms with Crippen LogP contribution in [0.25, 0.3) is 0 Å². The van der Waals surface area contributed by atoms with Gasteiger partial charge in [0.05, 0.1) is 11.7 Å². The molecule has 0 bridgehead atoms. The maximum absolute atomic E-state index is 5.64. The van der Waals surface area contributed by atoms with Gasteiger partial charge in [-0.1, -0.05) is 5.16 Å². The fourth-order valence-corrected chi connectivity index (χ4v) is 0.999. The van der Waals surface area contributed by atoms with E-state index in [1.807, 2.05) is 27.1 Å². The Morgan fingerprint density at radius 1 is 1.62 bits per heavy atom. The third-order valence-electron chi connectivity index (χ3n) is 1.84. The van der Waals surface area contributed by atoms with Crippen molar-refractivity contribution in [3.05, 3.63) is 17.5 Å². The van der Waals surface area contributed by atoms with Crippen LogP contribution in [-0.4, -0.2) is 30.7 Å². The van der Waals surface area contributed by atoms with Gasteiger partial charge in [-0.2, -0.15) is 0 Å². The van der Waals surface area contributed by atoms with Gasteiger partial charge in [0, 0.05) is 19.0 Å². The van der Waals surface area contributed by atoms with Gasteiger partial charge in [0.25, 0.3) is 0 Å². The Bertz CT molecular complexity index is 255. The number of aromatic nitrogens is 1. The van der Waals surface area contributed by atoms with Gasteiger partial charge < -0.3 is 15.2 Å². The van der Waals surface area contributed by atoms with E-state index < -0.39 is 0 Å². The molecule has 0 aliphatic carbocycles. The minimum Gasteiger partial charge on any atom is -0.359 e. The Hall–Kier alpha value is -0.870. The van der Waals surface area contributed by atoms with Crippen molar-refractivity contribution in [2.45, 2.75) is 19.4 Å². The van der Waals surface area contributed by atoms with E-state index >= 15 is 0 Å². The molecular formula is C9H17N3O. The fraction of sp³-hybridized carbons (Fsp3) is 0.667. The SMILES string of the molecule is CC(N)c1cc(CCN(C)C)no1. The van der Waals surface area contributed by atoms with E-state index in [0.717, 1.165) is 24.4 Å². The normalized spacial score (nSPS) is 13.6. The molecule has 4 heteroatoms. The molecule has 1 heterocycles. The van der Waals surface area contributed by atoms with Crippen LogP contribution in [0.2, 0.25) is 0 Å². The Morgan fingerprint density at radius 3 is 2.77 bits per heavy atom. The smallest absolute Gasteiger partial charge is 0.153 e. The van der Waals surface area contributed by atoms with E-state index in [2.05, 4.69) is 10.1 Å². The summed E-state index contributed by atoms with van der Waals surface area (Å²) in [5, 5.41) is 3.93. The quantitative estimate of drug-likeness (QED) is 0.750. The zero-order valence-electron chi connectivity index (χ0n) is 8.45. The fourth-order valence-electron chi connectivity index (χ4n) is 0.999. The number of nitrogens with two attached hydrogens (primary N) is 1. The molecule has 0 amide bonds. The van der Waals surface area contributed by atoms with Crippen LogP contribution in [0.3, 0.4) is 0 Å². The number of hydrogen-bond acceptors (Lipinski definition) is 4. The maximum Gasteiger partial charge on any atom is 0.153 e. The molecule has 1 atom stereocenters. The standard InChI is InChI=1S/C9H17N3O/c1-7(10)9-6-8(11-13-9)4-5-12(2)3/h6-7H,4-5,10H2,1-3H3. The molecule has 0 aliphatic heterocycles. The topological polar surface area (TPSA) is 55.3 Å². The number of rotatable bonds is 4. The van der Waals surface area contributed by atoms with Crippen molar-refractivity contribution < 1.29 is 4.52 Å². The molecule has 1 aromatic rings. The van der Waals surface area contributed by atoms with Gasteiger partial charge in [0.1, 0.15) is 0 Å². The van der Waals surface area contributed by atoms with Crippen molar-refractivity contribution in [2.24, 2.45) is 5.73 Å². The van der Waals surface area contributed by atoms with Crippen molar-refractivity contribution in [3.63, 3.8) is 0 Å². The van der Waals surface area contributed by atoms with Gasteiger partial charge in [-0.15, -0.1) is 0 Å². The maximum atomic E-state index is 5.64. The molecular weight excluding hydrogens is 166 g/mol. The van der Waals surface area contributed by atoms with Crippen LogP contribution in [-0.2, 0) is 6.42 Å². The van der Waals surface area contributed by atoms with E-state index in [4.69, 9.17) is 10.3 Å². The molecule has 0 saturated heterocycles. The molecule has 1 rings (SSSR count). The molecule has 0 spiro atoms. The first-order chi connectivity index (χ1) is 6.09. The molecule has 2 N–H and O–H groups in total. The Morgan fingerprint density at radius 2 is 2.31 bits per heavy atom. The molecule has 0 fully saturated rings. The molecule has 0 saturated carbocycles. The molecule has 0 aliphatic rings. The lowest BCUT2D eigenvalue weighted by Crippen LogP contribution is -2.15. The monoisotopic (exact) mass is 183 g/mol. The summed E-state index contributed by atoms with van der Waals surface area (Å²) in [7, 11) is 4.07. The number of nitrogens with zero attached hydrogens (tertiary/aromatic N) is 2. The predicted octanol–water partition coefficient (Wildman–Crippen LogP) is 0.798. The summed E-state index contributed by atoms with van der Waals surface area (Å²) in [4.78, 5) is 2.11. The summed E-state index contributed by atoms with van der Waals surface area (Å²) in [6.07, 6.45) is 0.906. The van der Waals surface area contributed by atoms with Crippen LogP contribution in [0.1, 0.15) is 24.4 Å². The van der Waals surface area contributed by atoms with Crippen molar-refractivity contribution in [2.75, 3.05) is 20.6 Å². The summed E-state index contributed by atoms with van der Waals surface area (Å²) >= 11 is 0. The largest absolute Gasteiger partial charge is 0.359 e. The second-order valence-corrected chi connectivity index (χ2v) is 3.56. The van der Waals surface area contributed by atoms with Crippen molar-refractivity contribution in [3.8, 4) is 0 Å². The van der Waals surface area contributed by atoms with Gasteiger partial charge in [-0.05, 0) is 21.0 Å². The van der Waals surface area contributed by atoms with Crippen LogP contribution in [0.4, 0.5) is 0 Å². The van der Waals surface area contributed by atoms with Gasteiger partial charge >= 0.3 is 0 Å². The van der Waals surface area contributed by atoms with Crippen molar-refractivity contribution in [1.82, 2.24) is 10.1 Å². The first-order valence-corrected chi connectivity index (χ1v) is 4.45. The third kappa shape index (κ3) is 3.16. The Kier molecular flexibility index (Phi) is 3.45. The van der Waals surface area contributed by atoms with Gasteiger partial charge in [-0.3, -0.25) is 0 Å². The summed E-state index contributed by atoms with van der Waals surface area (Å²) < 4.78 is 5.06. The van der Waals surface area contributed by atoms with Crippen LogP contribution in [0.15, 0.2) is 10.6 Å². The van der Waals surface area contributed by atoms with Crippen molar-refractivity contribution in [1.29, 1.82) is 0 Å². The predicted molar refractivity (Wildman–Crippen MR) is 51.4 cm³/mol. The highest BCUT2D eigenvalue weighted by Crippen LogP contribution is 2.11. The van der Waals surface area contributed by atoms with E-state index in [-0.39, 0.29) is 6.04 Å². The molecule has 1 aromatic heterocycles. The van der Waals surface area contributed by atoms with E-state index in [1.165, 1.54) is 0 Å². The highest BCUT2D eigenvalue weighted by atomic mass is 16.5. The first kappa shape index (κ1) is 10.2. The summed E-state index contributed by atoms with van der Waals surface area (Å²) in [5.74, 6) is 0.758. The Labute approximate surface area is 78.7 Å². The average molecular weight is 183 g/mol. The summed E-state index contributed by atoms with van der Waals surface area (Å²) in [6.45, 7) is 2.86. The van der Waals surface area contributed by atoms with Gasteiger partial charge in [0.2, 0.25) is 0 Å². The zero-order chi connectivity index (χ0) is 9.84. The lowest BCUT2D eigenvalue weighted by Gasteiger charge is -2.05. The average Bonchev–Trinajstić information content (AvgIpc) is 2.48. The van der Waals surface area contributed by atoms with E-state index in [1.54, 1.807) is 0 Å². The highest BCUT2D eigenvalue weighted by Gasteiger charge is 2.07. The molecule has 0 radical (unpaired) electrons. The molecule has 1 unspecified atom stereocenters. The lowest BCUT2D eigenvalue weighted by molar-refractivity contribution is 0.356. The minimum atomic E-state index is -0.0689. The second kappa shape index (κ2) is 4.39. The highest BCUT2D eigenvalue weighted by molar-refractivity contribution is 5.08. The van der Waals surface area contributed by atoms with Crippen LogP contribution >= 0.6 is 0 Å². The molecule has 13 heavy (non-hydrogen) atoms. The number of hydrogen-bond donors (Lipinski definition) is 1. The van der Waals surface area contributed by atoms with Gasteiger partial charge in [-0.25, -0.2) is 0 Å². The van der Waals surface area contributed by atoms with Crippen molar-refractivity contribution >= 4 is 0 Å². The van der Waals surface area contributed by atoms with E-state index in [9.17, 15) is 0 Å². The molecule has 74 valence electrons. The third-order valence-corrected chi connectivity index (χ3v) is 1.84. The van der Waals surface area contributed by atoms with Gasteiger partial charge in [0.15, 0.2) is 5.76 Å².